The minimum absolute atomic E-state index is 0.0314. The molecule has 0 atom stereocenters. The number of nitro groups is 1. The molecule has 2 aromatic rings. The van der Waals surface area contributed by atoms with Crippen LogP contribution in [0.15, 0.2) is 30.5 Å². The van der Waals surface area contributed by atoms with Crippen LogP contribution in [-0.2, 0) is 0 Å². The van der Waals surface area contributed by atoms with Gasteiger partial charge in [-0.05, 0) is 31.0 Å². The van der Waals surface area contributed by atoms with Crippen molar-refractivity contribution < 1.29 is 9.66 Å². The van der Waals surface area contributed by atoms with Gasteiger partial charge < -0.3 is 4.74 Å². The Morgan fingerprint density at radius 1 is 1.43 bits per heavy atom. The zero-order chi connectivity index (χ0) is 14.9. The fourth-order valence-electron chi connectivity index (χ4n) is 2.35. The zero-order valence-corrected chi connectivity index (χ0v) is 11.3. The van der Waals surface area contributed by atoms with Gasteiger partial charge in [-0.2, -0.15) is 5.26 Å². The number of pyridine rings is 1. The second kappa shape index (κ2) is 5.02. The van der Waals surface area contributed by atoms with Crippen molar-refractivity contribution in [2.24, 2.45) is 5.41 Å². The summed E-state index contributed by atoms with van der Waals surface area (Å²) in [5, 5.41) is 20.5. The average molecular weight is 283 g/mol. The molecule has 1 aromatic carbocycles. The van der Waals surface area contributed by atoms with Crippen LogP contribution in [0.3, 0.4) is 0 Å². The molecule has 0 aliphatic heterocycles. The number of hydrogen-bond acceptors (Lipinski definition) is 5. The third-order valence-electron chi connectivity index (χ3n) is 3.85. The number of hydrogen-bond donors (Lipinski definition) is 0. The normalized spacial score (nSPS) is 15.4. The molecule has 3 rings (SSSR count). The maximum absolute atomic E-state index is 11.0. The minimum Gasteiger partial charge on any atom is -0.492 e. The Bertz CT molecular complexity index is 747. The Hall–Kier alpha value is -2.68. The molecule has 106 valence electrons. The van der Waals surface area contributed by atoms with Crippen LogP contribution in [0.5, 0.6) is 5.75 Å². The molecular weight excluding hydrogens is 270 g/mol. The smallest absolute Gasteiger partial charge is 0.295 e. The third kappa shape index (κ3) is 2.50. The maximum atomic E-state index is 11.0. The van der Waals surface area contributed by atoms with Gasteiger partial charge >= 0.3 is 0 Å². The van der Waals surface area contributed by atoms with Gasteiger partial charge in [0.15, 0.2) is 5.52 Å². The number of benzene rings is 1. The molecule has 0 spiro atoms. The third-order valence-corrected chi connectivity index (χ3v) is 3.85. The first-order chi connectivity index (χ1) is 10.2. The summed E-state index contributed by atoms with van der Waals surface area (Å²) in [7, 11) is 0. The monoisotopic (exact) mass is 283 g/mol. The van der Waals surface area contributed by atoms with E-state index < -0.39 is 4.92 Å². The highest BCUT2D eigenvalue weighted by Gasteiger charge is 2.43. The topological polar surface area (TPSA) is 89.0 Å². The van der Waals surface area contributed by atoms with Crippen LogP contribution < -0.4 is 4.74 Å². The number of nitro benzene ring substituents is 1. The second-order valence-electron chi connectivity index (χ2n) is 5.36. The molecule has 0 amide bonds. The van der Waals surface area contributed by atoms with Gasteiger partial charge in [0, 0.05) is 29.5 Å². The molecule has 0 radical (unpaired) electrons. The number of nitriles is 1. The van der Waals surface area contributed by atoms with E-state index in [9.17, 15) is 10.1 Å². The van der Waals surface area contributed by atoms with Gasteiger partial charge in [0.05, 0.1) is 17.6 Å². The van der Waals surface area contributed by atoms with Crippen LogP contribution in [0.2, 0.25) is 0 Å². The van der Waals surface area contributed by atoms with Crippen molar-refractivity contribution >= 4 is 16.6 Å². The molecule has 0 bridgehead atoms. The standard InChI is InChI=1S/C15H13N3O3/c16-8-7-15(5-6-15)10-21-13-4-3-12(18(19)20)14-11(13)2-1-9-17-14/h1-4,9H,5-7,10H2. The Morgan fingerprint density at radius 3 is 2.90 bits per heavy atom. The number of ether oxygens (including phenoxy) is 1. The van der Waals surface area contributed by atoms with Crippen LogP contribution in [-0.4, -0.2) is 16.5 Å². The van der Waals surface area contributed by atoms with Crippen molar-refractivity contribution in [3.8, 4) is 11.8 Å². The van der Waals surface area contributed by atoms with E-state index in [0.717, 1.165) is 12.8 Å². The fraction of sp³-hybridized carbons (Fsp3) is 0.333. The average Bonchev–Trinajstić information content (AvgIpc) is 3.25. The molecule has 6 heteroatoms. The molecule has 6 nitrogen and oxygen atoms in total. The lowest BCUT2D eigenvalue weighted by molar-refractivity contribution is -0.383. The van der Waals surface area contributed by atoms with E-state index in [1.807, 2.05) is 0 Å². The van der Waals surface area contributed by atoms with E-state index >= 15 is 0 Å². The molecule has 0 unspecified atom stereocenters. The van der Waals surface area contributed by atoms with Crippen molar-refractivity contribution in [3.63, 3.8) is 0 Å². The molecule has 1 fully saturated rings. The summed E-state index contributed by atoms with van der Waals surface area (Å²) in [4.78, 5) is 14.7. The van der Waals surface area contributed by atoms with E-state index in [1.54, 1.807) is 18.2 Å². The summed E-state index contributed by atoms with van der Waals surface area (Å²) in [6.07, 6.45) is 3.99. The number of rotatable bonds is 5. The van der Waals surface area contributed by atoms with Gasteiger partial charge in [-0.1, -0.05) is 0 Å². The van der Waals surface area contributed by atoms with Crippen molar-refractivity contribution in [1.29, 1.82) is 5.26 Å². The highest BCUT2D eigenvalue weighted by atomic mass is 16.6. The van der Waals surface area contributed by atoms with Crippen LogP contribution in [0.1, 0.15) is 19.3 Å². The number of aromatic nitrogens is 1. The molecule has 1 saturated carbocycles. The summed E-state index contributed by atoms with van der Waals surface area (Å²) in [5.74, 6) is 0.577. The van der Waals surface area contributed by atoms with Crippen molar-refractivity contribution in [1.82, 2.24) is 4.98 Å². The van der Waals surface area contributed by atoms with E-state index in [4.69, 9.17) is 10.00 Å². The van der Waals surface area contributed by atoms with Gasteiger partial charge in [0.1, 0.15) is 5.75 Å². The highest BCUT2D eigenvalue weighted by Crippen LogP contribution is 2.49. The Morgan fingerprint density at radius 2 is 2.24 bits per heavy atom. The second-order valence-corrected chi connectivity index (χ2v) is 5.36. The Labute approximate surface area is 121 Å². The zero-order valence-electron chi connectivity index (χ0n) is 11.3. The predicted molar refractivity (Wildman–Crippen MR) is 75.8 cm³/mol. The van der Waals surface area contributed by atoms with E-state index in [-0.39, 0.29) is 11.1 Å². The first-order valence-corrected chi connectivity index (χ1v) is 6.67. The molecule has 1 heterocycles. The molecule has 1 aliphatic carbocycles. The first-order valence-electron chi connectivity index (χ1n) is 6.67. The number of fused-ring (bicyclic) bond motifs is 1. The quantitative estimate of drug-likeness (QED) is 0.620. The van der Waals surface area contributed by atoms with Crippen molar-refractivity contribution in [3.05, 3.63) is 40.6 Å². The highest BCUT2D eigenvalue weighted by molar-refractivity contribution is 5.91. The van der Waals surface area contributed by atoms with Gasteiger partial charge in [-0.15, -0.1) is 0 Å². The molecule has 0 N–H and O–H groups in total. The van der Waals surface area contributed by atoms with Crippen LogP contribution in [0.4, 0.5) is 5.69 Å². The Balaban J connectivity index is 1.92. The SMILES string of the molecule is N#CCC1(COc2ccc([N+](=O)[O-])c3ncccc23)CC1. The maximum Gasteiger partial charge on any atom is 0.295 e. The summed E-state index contributed by atoms with van der Waals surface area (Å²) in [5.41, 5.74) is 0.256. The van der Waals surface area contributed by atoms with Crippen LogP contribution >= 0.6 is 0 Å². The van der Waals surface area contributed by atoms with E-state index in [0.29, 0.717) is 29.7 Å². The fourth-order valence-corrected chi connectivity index (χ4v) is 2.35. The molecule has 0 saturated heterocycles. The van der Waals surface area contributed by atoms with Crippen molar-refractivity contribution in [2.75, 3.05) is 6.61 Å². The number of nitrogens with zero attached hydrogens (tertiary/aromatic N) is 3. The van der Waals surface area contributed by atoms with Gasteiger partial charge in [-0.3, -0.25) is 10.1 Å². The van der Waals surface area contributed by atoms with E-state index in [2.05, 4.69) is 11.1 Å². The van der Waals surface area contributed by atoms with Gasteiger partial charge in [0.25, 0.3) is 5.69 Å². The predicted octanol–water partition coefficient (Wildman–Crippen LogP) is 3.22. The molecule has 1 aliphatic rings. The lowest BCUT2D eigenvalue weighted by atomic mass is 10.1. The summed E-state index contributed by atoms with van der Waals surface area (Å²) < 4.78 is 5.82. The lowest BCUT2D eigenvalue weighted by Gasteiger charge is -2.14. The Kier molecular flexibility index (Phi) is 3.18. The van der Waals surface area contributed by atoms with Gasteiger partial charge in [0.2, 0.25) is 0 Å². The minimum atomic E-state index is -0.447. The number of non-ortho nitro benzene ring substituents is 1. The largest absolute Gasteiger partial charge is 0.492 e. The van der Waals surface area contributed by atoms with Gasteiger partial charge in [-0.25, -0.2) is 4.98 Å². The summed E-state index contributed by atoms with van der Waals surface area (Å²) in [6, 6.07) is 8.68. The molecular formula is C15H13N3O3. The molecule has 1 aromatic heterocycles. The molecule has 21 heavy (non-hydrogen) atoms. The first kappa shape index (κ1) is 13.3. The van der Waals surface area contributed by atoms with Crippen LogP contribution in [0.25, 0.3) is 10.9 Å². The lowest BCUT2D eigenvalue weighted by Crippen LogP contribution is -2.12. The summed E-state index contributed by atoms with van der Waals surface area (Å²) in [6.45, 7) is 0.461. The van der Waals surface area contributed by atoms with Crippen molar-refractivity contribution in [2.45, 2.75) is 19.3 Å². The van der Waals surface area contributed by atoms with E-state index in [1.165, 1.54) is 12.3 Å². The van der Waals surface area contributed by atoms with Crippen LogP contribution in [0, 0.1) is 26.9 Å². The summed E-state index contributed by atoms with van der Waals surface area (Å²) >= 11 is 0.